The van der Waals surface area contributed by atoms with Crippen LogP contribution in [0.4, 0.5) is 0 Å². The van der Waals surface area contributed by atoms with E-state index in [1.165, 1.54) is 141 Å². The Labute approximate surface area is 513 Å². The van der Waals surface area contributed by atoms with E-state index in [-0.39, 0.29) is 31.1 Å². The summed E-state index contributed by atoms with van der Waals surface area (Å²) in [7, 11) is 0. The first kappa shape index (κ1) is 78.8. The summed E-state index contributed by atoms with van der Waals surface area (Å²) < 4.78 is 17.0. The number of carbonyl (C=O) groups excluding carboxylic acids is 3. The maximum absolute atomic E-state index is 13.0. The van der Waals surface area contributed by atoms with Crippen LogP contribution >= 0.6 is 0 Å². The normalized spacial score (nSPS) is 12.9. The van der Waals surface area contributed by atoms with E-state index in [4.69, 9.17) is 14.2 Å². The number of carbonyl (C=O) groups is 3. The van der Waals surface area contributed by atoms with Gasteiger partial charge in [0.25, 0.3) is 0 Å². The molecule has 83 heavy (non-hydrogen) atoms. The Morgan fingerprint density at radius 2 is 0.470 bits per heavy atom. The van der Waals surface area contributed by atoms with Crippen molar-refractivity contribution in [2.75, 3.05) is 13.2 Å². The Bertz CT molecular complexity index is 1700. The van der Waals surface area contributed by atoms with Gasteiger partial charge in [-0.1, -0.05) is 322 Å². The number of hydrogen-bond donors (Lipinski definition) is 0. The smallest absolute Gasteiger partial charge is 0.306 e. The number of esters is 3. The van der Waals surface area contributed by atoms with E-state index >= 15 is 0 Å². The van der Waals surface area contributed by atoms with Crippen molar-refractivity contribution in [3.8, 4) is 0 Å². The Hall–Kier alpha value is -4.19. The molecule has 0 aromatic heterocycles. The first-order chi connectivity index (χ1) is 41.0. The molecule has 1 atom stereocenters. The molecule has 0 N–H and O–H groups in total. The molecular formula is C77H130O6. The van der Waals surface area contributed by atoms with Crippen molar-refractivity contribution < 1.29 is 28.6 Å². The minimum Gasteiger partial charge on any atom is -0.462 e. The van der Waals surface area contributed by atoms with Gasteiger partial charge in [-0.25, -0.2) is 0 Å². The predicted octanol–water partition coefficient (Wildman–Crippen LogP) is 24.3. The average Bonchev–Trinajstić information content (AvgIpc) is 3.49. The van der Waals surface area contributed by atoms with Crippen LogP contribution in [-0.2, 0) is 28.6 Å². The number of unbranched alkanes of at least 4 members (excludes halogenated alkanes) is 32. The second kappa shape index (κ2) is 70.3. The van der Waals surface area contributed by atoms with Crippen LogP contribution in [-0.4, -0.2) is 37.2 Å². The molecule has 0 bridgehead atoms. The molecule has 0 aliphatic carbocycles. The van der Waals surface area contributed by atoms with Gasteiger partial charge in [-0.3, -0.25) is 14.4 Å². The van der Waals surface area contributed by atoms with Gasteiger partial charge in [0.15, 0.2) is 6.10 Å². The molecule has 6 heteroatoms. The van der Waals surface area contributed by atoms with Gasteiger partial charge < -0.3 is 14.2 Å². The molecule has 474 valence electrons. The van der Waals surface area contributed by atoms with E-state index in [0.29, 0.717) is 19.3 Å². The second-order valence-electron chi connectivity index (χ2n) is 23.0. The van der Waals surface area contributed by atoms with Gasteiger partial charge in [0.2, 0.25) is 0 Å². The number of ether oxygens (including phenoxy) is 3. The Morgan fingerprint density at radius 3 is 0.735 bits per heavy atom. The Balaban J connectivity index is 4.42. The summed E-state index contributed by atoms with van der Waals surface area (Å²) in [4.78, 5) is 38.5. The van der Waals surface area contributed by atoms with Crippen molar-refractivity contribution in [2.45, 2.75) is 335 Å². The molecule has 0 amide bonds. The summed E-state index contributed by atoms with van der Waals surface area (Å²) in [5, 5.41) is 0. The number of hydrogen-bond acceptors (Lipinski definition) is 6. The third-order valence-electron chi connectivity index (χ3n) is 15.0. The highest BCUT2D eigenvalue weighted by Crippen LogP contribution is 2.17. The van der Waals surface area contributed by atoms with Gasteiger partial charge in [0.1, 0.15) is 13.2 Å². The summed E-state index contributed by atoms with van der Waals surface area (Å²) in [5.41, 5.74) is 0. The second-order valence-corrected chi connectivity index (χ2v) is 23.0. The average molecular weight is 1150 g/mol. The lowest BCUT2D eigenvalue weighted by atomic mass is 10.0. The molecule has 0 aromatic rings. The fourth-order valence-electron chi connectivity index (χ4n) is 9.79. The van der Waals surface area contributed by atoms with E-state index in [0.717, 1.165) is 148 Å². The first-order valence-electron chi connectivity index (χ1n) is 35.0. The molecule has 0 saturated heterocycles. The molecule has 0 heterocycles. The van der Waals surface area contributed by atoms with Gasteiger partial charge in [-0.2, -0.15) is 0 Å². The molecule has 6 nitrogen and oxygen atoms in total. The predicted molar refractivity (Wildman–Crippen MR) is 362 cm³/mol. The van der Waals surface area contributed by atoms with E-state index in [1.54, 1.807) is 0 Å². The fourth-order valence-corrected chi connectivity index (χ4v) is 9.79. The van der Waals surface area contributed by atoms with Crippen LogP contribution in [0.1, 0.15) is 329 Å². The first-order valence-corrected chi connectivity index (χ1v) is 35.0. The highest BCUT2D eigenvalue weighted by Gasteiger charge is 2.19. The standard InChI is InChI=1S/C77H130O6/c1-4-7-10-13-16-19-22-25-28-31-33-35-37-38-40-41-43-46-49-52-55-58-61-64-67-70-76(79)82-73-74(72-81-75(78)69-66-63-60-57-54-51-48-45-30-27-24-21-18-15-12-9-6-3)83-77(80)71-68-65-62-59-56-53-50-47-44-42-39-36-34-32-29-26-23-20-17-14-11-8-5-2/h8-9,11-12,17-18,20-21,26-27,29-30,34,36,42,44,48,50-51,53,74H,4-7,10,13-16,19,22-25,28,31-33,35,37-41,43,45-47,49,52,54-73H2,1-3H3/b11-8-,12-9-,20-17-,21-18-,29-26-,30-27-,36-34-,44-42-,51-48-,53-50-. The molecule has 0 aromatic carbocycles. The minimum absolute atomic E-state index is 0.0967. The van der Waals surface area contributed by atoms with Crippen LogP contribution in [0.5, 0.6) is 0 Å². The Morgan fingerprint density at radius 1 is 0.253 bits per heavy atom. The molecule has 0 spiro atoms. The van der Waals surface area contributed by atoms with Crippen molar-refractivity contribution in [2.24, 2.45) is 0 Å². The zero-order chi connectivity index (χ0) is 59.9. The SMILES string of the molecule is CC/C=C\C/C=C\C/C=C\C/C=C\C/C=C\C/C=C\CCCCCCC(=O)OC(COC(=O)CCCCCC/C=C\C/C=C\C/C=C\C/C=C\CC)COC(=O)CCCCCCCCCCCCCCCCCCCCCCCCCCC. The van der Waals surface area contributed by atoms with Crippen molar-refractivity contribution in [1.82, 2.24) is 0 Å². The summed E-state index contributed by atoms with van der Waals surface area (Å²) in [6, 6.07) is 0. The van der Waals surface area contributed by atoms with Gasteiger partial charge in [-0.05, 0) is 109 Å². The molecule has 0 aliphatic heterocycles. The van der Waals surface area contributed by atoms with Crippen molar-refractivity contribution in [3.05, 3.63) is 122 Å². The lowest BCUT2D eigenvalue weighted by Crippen LogP contribution is -2.30. The monoisotopic (exact) mass is 1150 g/mol. The molecule has 0 fully saturated rings. The summed E-state index contributed by atoms with van der Waals surface area (Å²) in [6.45, 7) is 6.41. The number of rotatable bonds is 63. The van der Waals surface area contributed by atoms with Crippen LogP contribution < -0.4 is 0 Å². The third kappa shape index (κ3) is 68.5. The zero-order valence-electron chi connectivity index (χ0n) is 54.4. The minimum atomic E-state index is -0.807. The highest BCUT2D eigenvalue weighted by molar-refractivity contribution is 5.71. The van der Waals surface area contributed by atoms with Gasteiger partial charge in [-0.15, -0.1) is 0 Å². The maximum atomic E-state index is 13.0. The zero-order valence-corrected chi connectivity index (χ0v) is 54.4. The fraction of sp³-hybridized carbons (Fsp3) is 0.701. The van der Waals surface area contributed by atoms with Crippen molar-refractivity contribution >= 4 is 17.9 Å². The van der Waals surface area contributed by atoms with Crippen LogP contribution in [0.25, 0.3) is 0 Å². The third-order valence-corrected chi connectivity index (χ3v) is 15.0. The Kier molecular flexibility index (Phi) is 66.7. The summed E-state index contributed by atoms with van der Waals surface area (Å²) >= 11 is 0. The van der Waals surface area contributed by atoms with Gasteiger partial charge >= 0.3 is 17.9 Å². The van der Waals surface area contributed by atoms with Gasteiger partial charge in [0.05, 0.1) is 0 Å². The molecular weight excluding hydrogens is 1020 g/mol. The molecule has 1 unspecified atom stereocenters. The largest absolute Gasteiger partial charge is 0.462 e. The lowest BCUT2D eigenvalue weighted by Gasteiger charge is -2.18. The van der Waals surface area contributed by atoms with E-state index < -0.39 is 6.10 Å². The summed E-state index contributed by atoms with van der Waals surface area (Å²) in [6.07, 6.45) is 97.9. The van der Waals surface area contributed by atoms with Crippen LogP contribution in [0, 0.1) is 0 Å². The van der Waals surface area contributed by atoms with Crippen LogP contribution in [0.15, 0.2) is 122 Å². The van der Waals surface area contributed by atoms with Crippen molar-refractivity contribution in [1.29, 1.82) is 0 Å². The topological polar surface area (TPSA) is 78.9 Å². The van der Waals surface area contributed by atoms with E-state index in [1.807, 2.05) is 0 Å². The van der Waals surface area contributed by atoms with Crippen LogP contribution in [0.2, 0.25) is 0 Å². The molecule has 0 aliphatic rings. The molecule has 0 saturated carbocycles. The lowest BCUT2D eigenvalue weighted by molar-refractivity contribution is -0.167. The molecule has 0 radical (unpaired) electrons. The van der Waals surface area contributed by atoms with Crippen molar-refractivity contribution in [3.63, 3.8) is 0 Å². The maximum Gasteiger partial charge on any atom is 0.306 e. The summed E-state index contributed by atoms with van der Waals surface area (Å²) in [5.74, 6) is -0.935. The van der Waals surface area contributed by atoms with E-state index in [2.05, 4.69) is 142 Å². The quantitative estimate of drug-likeness (QED) is 0.0261. The van der Waals surface area contributed by atoms with E-state index in [9.17, 15) is 14.4 Å². The molecule has 0 rings (SSSR count). The highest BCUT2D eigenvalue weighted by atomic mass is 16.6. The van der Waals surface area contributed by atoms with Crippen LogP contribution in [0.3, 0.4) is 0 Å². The van der Waals surface area contributed by atoms with Gasteiger partial charge in [0, 0.05) is 19.3 Å². The number of allylic oxidation sites excluding steroid dienone is 20.